The number of aromatic nitrogens is 3. The van der Waals surface area contributed by atoms with Crippen molar-refractivity contribution in [1.29, 1.82) is 0 Å². The summed E-state index contributed by atoms with van der Waals surface area (Å²) in [6.07, 6.45) is 0. The van der Waals surface area contributed by atoms with E-state index in [0.29, 0.717) is 0 Å². The summed E-state index contributed by atoms with van der Waals surface area (Å²) in [6, 6.07) is 45.6. The second-order valence-electron chi connectivity index (χ2n) is 11.5. The van der Waals surface area contributed by atoms with E-state index in [1.807, 2.05) is 6.07 Å². The second kappa shape index (κ2) is 7.50. The van der Waals surface area contributed by atoms with Crippen molar-refractivity contribution < 1.29 is 4.42 Å². The van der Waals surface area contributed by atoms with Crippen LogP contribution in [0.2, 0.25) is 0 Å². The van der Waals surface area contributed by atoms with Gasteiger partial charge in [0.05, 0.1) is 33.1 Å². The van der Waals surface area contributed by atoms with Crippen LogP contribution in [0.5, 0.6) is 0 Å². The summed E-state index contributed by atoms with van der Waals surface area (Å²) in [7, 11) is 0. The first kappa shape index (κ1) is 21.8. The van der Waals surface area contributed by atoms with Crippen molar-refractivity contribution in [2.75, 3.05) is 0 Å². The molecule has 0 saturated heterocycles. The van der Waals surface area contributed by atoms with Crippen LogP contribution >= 0.6 is 0 Å². The number of para-hydroxylation sites is 4. The normalized spacial score (nSPS) is 12.7. The van der Waals surface area contributed by atoms with E-state index in [0.717, 1.165) is 55.5 Å². The van der Waals surface area contributed by atoms with Gasteiger partial charge in [0.2, 0.25) is 5.71 Å². The standard InChI is InChI=1S/C39H21N3O/c1-2-11-23-22(10-1)24-14-9-15-26-31(21-20-25(23)34(24)26)41-30-17-6-3-12-27(30)35-36-28-13-4-8-19-33(28)43-39(36)42-32-18-7-5-16-29(32)40-38(42)37(35)41/h1-21H. The Morgan fingerprint density at radius 3 is 2.05 bits per heavy atom. The first-order valence-corrected chi connectivity index (χ1v) is 14.7. The van der Waals surface area contributed by atoms with Crippen LogP contribution in [0.15, 0.2) is 132 Å². The minimum absolute atomic E-state index is 0.830. The SMILES string of the molecule is c1ccc2c(c1)-c1cccc3c(-n4c5ccccc5c5c6c7ccccc7oc6n6c7ccccc7nc6c54)ccc-2c13. The summed E-state index contributed by atoms with van der Waals surface area (Å²) in [4.78, 5) is 5.29. The van der Waals surface area contributed by atoms with Crippen molar-refractivity contribution >= 4 is 71.3 Å². The van der Waals surface area contributed by atoms with Crippen molar-refractivity contribution in [1.82, 2.24) is 14.0 Å². The molecule has 0 fully saturated rings. The van der Waals surface area contributed by atoms with E-state index < -0.39 is 0 Å². The van der Waals surface area contributed by atoms with E-state index in [9.17, 15) is 0 Å². The average Bonchev–Trinajstić information content (AvgIpc) is 3.80. The molecule has 10 aromatic rings. The van der Waals surface area contributed by atoms with Gasteiger partial charge < -0.3 is 8.98 Å². The Morgan fingerprint density at radius 2 is 1.16 bits per heavy atom. The quantitative estimate of drug-likeness (QED) is 0.205. The fraction of sp³-hybridized carbons (Fsp3) is 0. The molecule has 11 rings (SSSR count). The van der Waals surface area contributed by atoms with Gasteiger partial charge in [-0.15, -0.1) is 0 Å². The number of benzene rings is 6. The number of pyridine rings is 1. The molecule has 4 heterocycles. The van der Waals surface area contributed by atoms with Gasteiger partial charge in [0.15, 0.2) is 5.65 Å². The molecule has 0 N–H and O–H groups in total. The molecule has 0 atom stereocenters. The third-order valence-electron chi connectivity index (χ3n) is 9.44. The fourth-order valence-electron chi connectivity index (χ4n) is 7.77. The first-order valence-electron chi connectivity index (χ1n) is 14.7. The maximum Gasteiger partial charge on any atom is 0.215 e. The lowest BCUT2D eigenvalue weighted by atomic mass is 10.0. The summed E-state index contributed by atoms with van der Waals surface area (Å²) >= 11 is 0. The van der Waals surface area contributed by atoms with Crippen LogP contribution < -0.4 is 0 Å². The monoisotopic (exact) mass is 547 g/mol. The minimum atomic E-state index is 0.830. The summed E-state index contributed by atoms with van der Waals surface area (Å²) < 4.78 is 11.3. The second-order valence-corrected chi connectivity index (χ2v) is 11.5. The molecule has 0 radical (unpaired) electrons. The summed E-state index contributed by atoms with van der Waals surface area (Å²) in [5.41, 5.74) is 13.2. The smallest absolute Gasteiger partial charge is 0.215 e. The molecule has 0 aliphatic heterocycles. The topological polar surface area (TPSA) is 35.4 Å². The summed E-state index contributed by atoms with van der Waals surface area (Å²) in [6.45, 7) is 0. The number of fused-ring (bicyclic) bond motifs is 15. The number of hydrogen-bond donors (Lipinski definition) is 0. The highest BCUT2D eigenvalue weighted by molar-refractivity contribution is 6.30. The molecule has 0 amide bonds. The van der Waals surface area contributed by atoms with Gasteiger partial charge in [0, 0.05) is 21.5 Å². The third-order valence-corrected chi connectivity index (χ3v) is 9.44. The van der Waals surface area contributed by atoms with Crippen LogP contribution in [0, 0.1) is 0 Å². The lowest BCUT2D eigenvalue weighted by Gasteiger charge is -2.14. The minimum Gasteiger partial charge on any atom is -0.439 e. The van der Waals surface area contributed by atoms with E-state index in [2.05, 4.69) is 130 Å². The van der Waals surface area contributed by atoms with E-state index in [4.69, 9.17) is 9.40 Å². The number of nitrogens with zero attached hydrogens (tertiary/aromatic N) is 3. The van der Waals surface area contributed by atoms with Gasteiger partial charge in [-0.1, -0.05) is 97.1 Å². The molecule has 198 valence electrons. The van der Waals surface area contributed by atoms with Gasteiger partial charge in [0.25, 0.3) is 0 Å². The Morgan fingerprint density at radius 1 is 0.488 bits per heavy atom. The Labute approximate surface area is 244 Å². The van der Waals surface area contributed by atoms with Crippen molar-refractivity contribution in [3.8, 4) is 27.9 Å². The molecule has 0 saturated carbocycles. The van der Waals surface area contributed by atoms with Crippen LogP contribution in [-0.4, -0.2) is 14.0 Å². The maximum atomic E-state index is 6.66. The van der Waals surface area contributed by atoms with Crippen LogP contribution in [0.1, 0.15) is 0 Å². The zero-order valence-corrected chi connectivity index (χ0v) is 22.9. The molecular formula is C39H21N3O. The van der Waals surface area contributed by atoms with Crippen LogP contribution in [0.3, 0.4) is 0 Å². The third kappa shape index (κ3) is 2.52. The van der Waals surface area contributed by atoms with Gasteiger partial charge >= 0.3 is 0 Å². The molecule has 6 aromatic carbocycles. The van der Waals surface area contributed by atoms with Crippen molar-refractivity contribution in [3.63, 3.8) is 0 Å². The predicted molar refractivity (Wildman–Crippen MR) is 176 cm³/mol. The van der Waals surface area contributed by atoms with E-state index in [1.54, 1.807) is 0 Å². The summed E-state index contributed by atoms with van der Waals surface area (Å²) in [5, 5.41) is 7.14. The number of rotatable bonds is 1. The lowest BCUT2D eigenvalue weighted by molar-refractivity contribution is 0.650. The molecule has 4 heteroatoms. The largest absolute Gasteiger partial charge is 0.439 e. The molecule has 0 spiro atoms. The number of furan rings is 1. The van der Waals surface area contributed by atoms with Crippen molar-refractivity contribution in [3.05, 3.63) is 127 Å². The van der Waals surface area contributed by atoms with Gasteiger partial charge in [-0.2, -0.15) is 0 Å². The van der Waals surface area contributed by atoms with Gasteiger partial charge in [0.1, 0.15) is 5.58 Å². The average molecular weight is 548 g/mol. The highest BCUT2D eigenvalue weighted by atomic mass is 16.3. The van der Waals surface area contributed by atoms with Crippen LogP contribution in [0.4, 0.5) is 0 Å². The zero-order valence-electron chi connectivity index (χ0n) is 22.9. The van der Waals surface area contributed by atoms with Crippen molar-refractivity contribution in [2.45, 2.75) is 0 Å². The Hall–Kier alpha value is -5.87. The Bertz CT molecular complexity index is 2820. The first-order chi connectivity index (χ1) is 21.4. The lowest BCUT2D eigenvalue weighted by Crippen LogP contribution is -1.98. The highest BCUT2D eigenvalue weighted by Gasteiger charge is 2.27. The van der Waals surface area contributed by atoms with Gasteiger partial charge in [-0.05, 0) is 58.0 Å². The van der Waals surface area contributed by atoms with E-state index in [1.165, 1.54) is 43.8 Å². The van der Waals surface area contributed by atoms with E-state index >= 15 is 0 Å². The molecule has 0 unspecified atom stereocenters. The van der Waals surface area contributed by atoms with Crippen LogP contribution in [-0.2, 0) is 0 Å². The molecule has 4 aromatic heterocycles. The number of hydrogen-bond acceptors (Lipinski definition) is 2. The van der Waals surface area contributed by atoms with Gasteiger partial charge in [-0.3, -0.25) is 4.40 Å². The molecule has 1 aliphatic carbocycles. The van der Waals surface area contributed by atoms with Crippen LogP contribution in [0.25, 0.3) is 99.3 Å². The molecule has 1 aliphatic rings. The predicted octanol–water partition coefficient (Wildman–Crippen LogP) is 10.3. The number of imidazole rings is 1. The van der Waals surface area contributed by atoms with E-state index in [-0.39, 0.29) is 0 Å². The summed E-state index contributed by atoms with van der Waals surface area (Å²) in [5.74, 6) is 0. The molecule has 0 bridgehead atoms. The van der Waals surface area contributed by atoms with Crippen molar-refractivity contribution in [2.24, 2.45) is 0 Å². The Balaban J connectivity index is 1.43. The zero-order chi connectivity index (χ0) is 27.8. The molecule has 43 heavy (non-hydrogen) atoms. The molecular weight excluding hydrogens is 526 g/mol. The Kier molecular flexibility index (Phi) is 3.80. The fourth-order valence-corrected chi connectivity index (χ4v) is 7.77. The van der Waals surface area contributed by atoms with Gasteiger partial charge in [-0.25, -0.2) is 4.98 Å². The maximum absolute atomic E-state index is 6.66. The molecule has 4 nitrogen and oxygen atoms in total. The highest BCUT2D eigenvalue weighted by Crippen LogP contribution is 2.50.